The zero-order valence-corrected chi connectivity index (χ0v) is 9.19. The average molecular weight is 206 g/mol. The third-order valence-electron chi connectivity index (χ3n) is 3.12. The van der Waals surface area contributed by atoms with Gasteiger partial charge in [0.25, 0.3) is 0 Å². The maximum absolute atomic E-state index is 2.32. The molecule has 0 aromatic heterocycles. The van der Waals surface area contributed by atoms with E-state index in [-0.39, 0.29) is 0 Å². The lowest BCUT2D eigenvalue weighted by Crippen LogP contribution is -1.80. The van der Waals surface area contributed by atoms with Crippen LogP contribution in [0.25, 0.3) is 6.08 Å². The Kier molecular flexibility index (Phi) is 2.34. The Balaban J connectivity index is 1.89. The Labute approximate surface area is 96.3 Å². The highest BCUT2D eigenvalue weighted by molar-refractivity contribution is 5.57. The van der Waals surface area contributed by atoms with Crippen LogP contribution in [0.15, 0.2) is 60.2 Å². The van der Waals surface area contributed by atoms with Gasteiger partial charge in [-0.25, -0.2) is 0 Å². The number of fused-ring (bicyclic) bond motifs is 1. The van der Waals surface area contributed by atoms with Crippen molar-refractivity contribution < 1.29 is 0 Å². The molecular weight excluding hydrogens is 192 g/mol. The van der Waals surface area contributed by atoms with E-state index in [0.717, 1.165) is 12.8 Å². The predicted octanol–water partition coefficient (Wildman–Crippen LogP) is 3.87. The molecule has 0 amide bonds. The van der Waals surface area contributed by atoms with Gasteiger partial charge in [0.1, 0.15) is 0 Å². The molecule has 0 radical (unpaired) electrons. The molecule has 2 aromatic rings. The molecule has 2 aromatic carbocycles. The summed E-state index contributed by atoms with van der Waals surface area (Å²) in [5.41, 5.74) is 5.81. The summed E-state index contributed by atoms with van der Waals surface area (Å²) in [5, 5.41) is 0. The Morgan fingerprint density at radius 3 is 1.88 bits per heavy atom. The van der Waals surface area contributed by atoms with Gasteiger partial charge in [-0.15, -0.1) is 0 Å². The molecule has 0 fully saturated rings. The summed E-state index contributed by atoms with van der Waals surface area (Å²) in [5.74, 6) is 0. The molecule has 0 N–H and O–H groups in total. The zero-order chi connectivity index (χ0) is 10.8. The quantitative estimate of drug-likeness (QED) is 0.664. The average Bonchev–Trinajstić information content (AvgIpc) is 2.72. The van der Waals surface area contributed by atoms with E-state index < -0.39 is 0 Å². The number of benzene rings is 2. The smallest absolute Gasteiger partial charge is 0.00576 e. The van der Waals surface area contributed by atoms with Crippen LogP contribution in [0.2, 0.25) is 0 Å². The van der Waals surface area contributed by atoms with Crippen LogP contribution >= 0.6 is 0 Å². The van der Waals surface area contributed by atoms with Gasteiger partial charge in [-0.3, -0.25) is 0 Å². The van der Waals surface area contributed by atoms with Gasteiger partial charge in [-0.2, -0.15) is 0 Å². The van der Waals surface area contributed by atoms with Crippen LogP contribution in [-0.4, -0.2) is 0 Å². The van der Waals surface area contributed by atoms with E-state index in [1.165, 1.54) is 22.3 Å². The predicted molar refractivity (Wildman–Crippen MR) is 68.3 cm³/mol. The van der Waals surface area contributed by atoms with Crippen molar-refractivity contribution in [3.63, 3.8) is 0 Å². The maximum Gasteiger partial charge on any atom is -0.00576 e. The number of rotatable bonds is 1. The minimum atomic E-state index is 1.12. The molecule has 0 heterocycles. The molecule has 0 saturated heterocycles. The molecule has 78 valence electrons. The molecule has 3 rings (SSSR count). The first-order valence-electron chi connectivity index (χ1n) is 5.73. The molecule has 0 unspecified atom stereocenters. The molecule has 0 nitrogen and oxygen atoms in total. The SMILES string of the molecule is C(=C1Cc2ccccc2C1)c1ccccc1. The van der Waals surface area contributed by atoms with Crippen LogP contribution in [0, 0.1) is 0 Å². The van der Waals surface area contributed by atoms with Gasteiger partial charge < -0.3 is 0 Å². The fourth-order valence-electron chi connectivity index (χ4n) is 2.34. The monoisotopic (exact) mass is 206 g/mol. The van der Waals surface area contributed by atoms with Gasteiger partial charge in [-0.05, 0) is 29.5 Å². The van der Waals surface area contributed by atoms with E-state index in [4.69, 9.17) is 0 Å². The fraction of sp³-hybridized carbons (Fsp3) is 0.125. The number of hydrogen-bond acceptors (Lipinski definition) is 0. The van der Waals surface area contributed by atoms with Crippen molar-refractivity contribution >= 4 is 6.08 Å². The summed E-state index contributed by atoms with van der Waals surface area (Å²) in [6.45, 7) is 0. The second kappa shape index (κ2) is 3.97. The van der Waals surface area contributed by atoms with E-state index >= 15 is 0 Å². The van der Waals surface area contributed by atoms with E-state index in [1.807, 2.05) is 0 Å². The molecule has 0 atom stereocenters. The summed E-state index contributed by atoms with van der Waals surface area (Å²) < 4.78 is 0. The van der Waals surface area contributed by atoms with Gasteiger partial charge in [0.15, 0.2) is 0 Å². The summed E-state index contributed by atoms with van der Waals surface area (Å²) in [6, 6.07) is 19.3. The van der Waals surface area contributed by atoms with Crippen molar-refractivity contribution in [2.75, 3.05) is 0 Å². The van der Waals surface area contributed by atoms with Gasteiger partial charge in [0, 0.05) is 0 Å². The van der Waals surface area contributed by atoms with Gasteiger partial charge >= 0.3 is 0 Å². The van der Waals surface area contributed by atoms with Crippen molar-refractivity contribution in [2.24, 2.45) is 0 Å². The standard InChI is InChI=1S/C16H14/c1-2-6-13(7-3-1)10-14-11-15-8-4-5-9-16(15)12-14/h1-10H,11-12H2. The first-order chi connectivity index (χ1) is 7.92. The van der Waals surface area contributed by atoms with Crippen molar-refractivity contribution in [3.8, 4) is 0 Å². The van der Waals surface area contributed by atoms with Crippen LogP contribution in [0.4, 0.5) is 0 Å². The maximum atomic E-state index is 2.32. The van der Waals surface area contributed by atoms with E-state index in [2.05, 4.69) is 60.7 Å². The summed E-state index contributed by atoms with van der Waals surface area (Å²) in [7, 11) is 0. The minimum absolute atomic E-state index is 1.12. The van der Waals surface area contributed by atoms with Crippen LogP contribution in [0.1, 0.15) is 16.7 Å². The van der Waals surface area contributed by atoms with E-state index in [1.54, 1.807) is 0 Å². The topological polar surface area (TPSA) is 0 Å². The van der Waals surface area contributed by atoms with Crippen LogP contribution < -0.4 is 0 Å². The lowest BCUT2D eigenvalue weighted by Gasteiger charge is -1.96. The Morgan fingerprint density at radius 2 is 1.25 bits per heavy atom. The summed E-state index contributed by atoms with van der Waals surface area (Å²) in [6.07, 6.45) is 4.55. The number of allylic oxidation sites excluding steroid dienone is 1. The van der Waals surface area contributed by atoms with Crippen LogP contribution in [0.3, 0.4) is 0 Å². The molecule has 0 saturated carbocycles. The lowest BCUT2D eigenvalue weighted by molar-refractivity contribution is 1.19. The number of hydrogen-bond donors (Lipinski definition) is 0. The first kappa shape index (κ1) is 9.41. The highest BCUT2D eigenvalue weighted by Crippen LogP contribution is 2.27. The molecule has 0 aliphatic heterocycles. The summed E-state index contributed by atoms with van der Waals surface area (Å²) >= 11 is 0. The van der Waals surface area contributed by atoms with Crippen LogP contribution in [-0.2, 0) is 12.8 Å². The Hall–Kier alpha value is -1.82. The lowest BCUT2D eigenvalue weighted by atomic mass is 10.1. The highest BCUT2D eigenvalue weighted by Gasteiger charge is 2.13. The fourth-order valence-corrected chi connectivity index (χ4v) is 2.34. The van der Waals surface area contributed by atoms with Crippen molar-refractivity contribution in [1.29, 1.82) is 0 Å². The molecule has 1 aliphatic rings. The molecule has 0 heteroatoms. The molecule has 0 spiro atoms. The molecule has 1 aliphatic carbocycles. The van der Waals surface area contributed by atoms with E-state index in [0.29, 0.717) is 0 Å². The molecular formula is C16H14. The highest BCUT2D eigenvalue weighted by atomic mass is 14.2. The molecule has 16 heavy (non-hydrogen) atoms. The normalized spacial score (nSPS) is 13.6. The Morgan fingerprint density at radius 1 is 0.688 bits per heavy atom. The van der Waals surface area contributed by atoms with Gasteiger partial charge in [0.05, 0.1) is 0 Å². The Bertz CT molecular complexity index is 494. The first-order valence-corrected chi connectivity index (χ1v) is 5.73. The second-order valence-corrected chi connectivity index (χ2v) is 4.34. The summed E-state index contributed by atoms with van der Waals surface area (Å²) in [4.78, 5) is 0. The van der Waals surface area contributed by atoms with Gasteiger partial charge in [-0.1, -0.05) is 66.2 Å². The zero-order valence-electron chi connectivity index (χ0n) is 9.19. The largest absolute Gasteiger partial charge is 0.0622 e. The van der Waals surface area contributed by atoms with Crippen molar-refractivity contribution in [3.05, 3.63) is 76.9 Å². The van der Waals surface area contributed by atoms with Crippen molar-refractivity contribution in [2.45, 2.75) is 12.8 Å². The van der Waals surface area contributed by atoms with Crippen molar-refractivity contribution in [1.82, 2.24) is 0 Å². The van der Waals surface area contributed by atoms with E-state index in [9.17, 15) is 0 Å². The third kappa shape index (κ3) is 1.79. The minimum Gasteiger partial charge on any atom is -0.0622 e. The van der Waals surface area contributed by atoms with Crippen LogP contribution in [0.5, 0.6) is 0 Å². The second-order valence-electron chi connectivity index (χ2n) is 4.34. The molecule has 0 bridgehead atoms. The third-order valence-corrected chi connectivity index (χ3v) is 3.12. The van der Waals surface area contributed by atoms with Gasteiger partial charge in [0.2, 0.25) is 0 Å².